The maximum Gasteiger partial charge on any atom is 0.00966 e. The molecule has 0 aromatic heterocycles. The fraction of sp³-hybridized carbons (Fsp3) is 1.00. The molecular weight excluding hydrogens is 232 g/mol. The molecule has 3 aliphatic carbocycles. The molecule has 3 unspecified atom stereocenters. The molecule has 19 heavy (non-hydrogen) atoms. The van der Waals surface area contributed by atoms with Crippen LogP contribution in [-0.2, 0) is 0 Å². The lowest BCUT2D eigenvalue weighted by molar-refractivity contribution is 0.148. The van der Waals surface area contributed by atoms with E-state index in [4.69, 9.17) is 0 Å². The Bertz CT molecular complexity index is 306. The Balaban J connectivity index is 1.33. The Morgan fingerprint density at radius 2 is 1.68 bits per heavy atom. The molecular formula is C17H30N2. The minimum atomic E-state index is 0.981. The van der Waals surface area contributed by atoms with Crippen LogP contribution in [0.15, 0.2) is 0 Å². The maximum atomic E-state index is 3.51. The molecule has 108 valence electrons. The predicted octanol–water partition coefficient (Wildman–Crippen LogP) is 2.89. The van der Waals surface area contributed by atoms with Gasteiger partial charge in [-0.1, -0.05) is 6.42 Å². The Morgan fingerprint density at radius 3 is 2.32 bits per heavy atom. The second-order valence-electron chi connectivity index (χ2n) is 7.81. The van der Waals surface area contributed by atoms with Gasteiger partial charge >= 0.3 is 0 Å². The highest BCUT2D eigenvalue weighted by atomic mass is 15.2. The molecule has 2 nitrogen and oxygen atoms in total. The first-order chi connectivity index (χ1) is 9.38. The summed E-state index contributed by atoms with van der Waals surface area (Å²) in [5, 5.41) is 3.51. The average molecular weight is 262 g/mol. The smallest absolute Gasteiger partial charge is 0.00966 e. The minimum absolute atomic E-state index is 0.981. The molecule has 4 rings (SSSR count). The van der Waals surface area contributed by atoms with Gasteiger partial charge < -0.3 is 5.32 Å². The van der Waals surface area contributed by atoms with E-state index in [2.05, 4.69) is 10.2 Å². The van der Waals surface area contributed by atoms with E-state index in [1.165, 1.54) is 51.9 Å². The second-order valence-corrected chi connectivity index (χ2v) is 7.81. The van der Waals surface area contributed by atoms with Crippen molar-refractivity contribution < 1.29 is 0 Å². The molecule has 1 N–H and O–H groups in total. The zero-order chi connectivity index (χ0) is 12.7. The molecule has 1 saturated heterocycles. The Labute approximate surface area is 118 Å². The normalized spacial score (nSPS) is 39.3. The number of rotatable bonds is 5. The van der Waals surface area contributed by atoms with E-state index in [0.29, 0.717) is 0 Å². The van der Waals surface area contributed by atoms with Crippen molar-refractivity contribution >= 4 is 0 Å². The molecule has 1 heterocycles. The van der Waals surface area contributed by atoms with Crippen LogP contribution in [0.5, 0.6) is 0 Å². The maximum absolute atomic E-state index is 3.51. The molecule has 2 heteroatoms. The topological polar surface area (TPSA) is 15.3 Å². The largest absolute Gasteiger partial charge is 0.317 e. The second kappa shape index (κ2) is 5.37. The third-order valence-corrected chi connectivity index (χ3v) is 6.37. The van der Waals surface area contributed by atoms with E-state index < -0.39 is 0 Å². The summed E-state index contributed by atoms with van der Waals surface area (Å²) in [4.78, 5) is 2.92. The Morgan fingerprint density at radius 1 is 0.842 bits per heavy atom. The van der Waals surface area contributed by atoms with E-state index in [1.807, 2.05) is 0 Å². The standard InChI is InChI=1S/C17H30N2/c1-2-15-9-14(1)10-16(15)12-19(17-3-4-17)11-13-5-7-18-8-6-13/h13-18H,1-12H2. The molecule has 0 amide bonds. The van der Waals surface area contributed by atoms with Crippen molar-refractivity contribution in [2.24, 2.45) is 23.7 Å². The van der Waals surface area contributed by atoms with E-state index in [0.717, 1.165) is 29.7 Å². The van der Waals surface area contributed by atoms with E-state index in [9.17, 15) is 0 Å². The lowest BCUT2D eigenvalue weighted by Crippen LogP contribution is -2.40. The van der Waals surface area contributed by atoms with Crippen molar-refractivity contribution in [3.05, 3.63) is 0 Å². The number of hydrogen-bond acceptors (Lipinski definition) is 2. The van der Waals surface area contributed by atoms with Crippen LogP contribution in [0.2, 0.25) is 0 Å². The van der Waals surface area contributed by atoms with E-state index >= 15 is 0 Å². The molecule has 4 fully saturated rings. The first-order valence-corrected chi connectivity index (χ1v) is 8.83. The number of nitrogens with zero attached hydrogens (tertiary/aromatic N) is 1. The lowest BCUT2D eigenvalue weighted by atomic mass is 9.88. The van der Waals surface area contributed by atoms with Gasteiger partial charge in [-0.2, -0.15) is 0 Å². The van der Waals surface area contributed by atoms with E-state index in [-0.39, 0.29) is 0 Å². The van der Waals surface area contributed by atoms with Gasteiger partial charge in [-0.3, -0.25) is 4.90 Å². The third-order valence-electron chi connectivity index (χ3n) is 6.37. The quantitative estimate of drug-likeness (QED) is 0.819. The molecule has 1 aliphatic heterocycles. The van der Waals surface area contributed by atoms with Gasteiger partial charge in [0.05, 0.1) is 0 Å². The van der Waals surface area contributed by atoms with Gasteiger partial charge in [-0.05, 0) is 81.7 Å². The SMILES string of the molecule is C1CC(CN(CC2CC3CCC2C3)C2CC2)CCN1. The molecule has 0 spiro atoms. The average Bonchev–Trinajstić information content (AvgIpc) is 3.09. The number of nitrogens with one attached hydrogen (secondary N) is 1. The fourth-order valence-corrected chi connectivity index (χ4v) is 5.11. The van der Waals surface area contributed by atoms with Crippen molar-refractivity contribution in [1.82, 2.24) is 10.2 Å². The van der Waals surface area contributed by atoms with Crippen LogP contribution >= 0.6 is 0 Å². The van der Waals surface area contributed by atoms with Gasteiger partial charge in [0.2, 0.25) is 0 Å². The summed E-state index contributed by atoms with van der Waals surface area (Å²) in [5.41, 5.74) is 0. The fourth-order valence-electron chi connectivity index (χ4n) is 5.11. The number of fused-ring (bicyclic) bond motifs is 2. The zero-order valence-electron chi connectivity index (χ0n) is 12.3. The number of hydrogen-bond donors (Lipinski definition) is 1. The summed E-state index contributed by atoms with van der Waals surface area (Å²) in [5.74, 6) is 4.29. The molecule has 3 atom stereocenters. The summed E-state index contributed by atoms with van der Waals surface area (Å²) in [6.45, 7) is 5.39. The highest BCUT2D eigenvalue weighted by Crippen LogP contribution is 2.49. The summed E-state index contributed by atoms with van der Waals surface area (Å²) in [6.07, 6.45) is 12.1. The molecule has 0 radical (unpaired) electrons. The monoisotopic (exact) mass is 262 g/mol. The van der Waals surface area contributed by atoms with Crippen LogP contribution in [0.25, 0.3) is 0 Å². The molecule has 0 aromatic rings. The summed E-state index contributed by atoms with van der Waals surface area (Å²) < 4.78 is 0. The van der Waals surface area contributed by atoms with Gasteiger partial charge in [-0.15, -0.1) is 0 Å². The highest BCUT2D eigenvalue weighted by molar-refractivity contribution is 4.94. The van der Waals surface area contributed by atoms with Crippen LogP contribution in [0.1, 0.15) is 51.4 Å². The van der Waals surface area contributed by atoms with Gasteiger partial charge in [0, 0.05) is 19.1 Å². The van der Waals surface area contributed by atoms with Crippen LogP contribution in [0, 0.1) is 23.7 Å². The molecule has 3 saturated carbocycles. The van der Waals surface area contributed by atoms with E-state index in [1.54, 1.807) is 25.7 Å². The predicted molar refractivity (Wildman–Crippen MR) is 79.1 cm³/mol. The van der Waals surface area contributed by atoms with Crippen molar-refractivity contribution in [3.8, 4) is 0 Å². The van der Waals surface area contributed by atoms with Crippen molar-refractivity contribution in [3.63, 3.8) is 0 Å². The van der Waals surface area contributed by atoms with Crippen LogP contribution in [0.3, 0.4) is 0 Å². The molecule has 0 aromatic carbocycles. The van der Waals surface area contributed by atoms with Crippen LogP contribution < -0.4 is 5.32 Å². The number of piperidine rings is 1. The lowest BCUT2D eigenvalue weighted by Gasteiger charge is -2.34. The van der Waals surface area contributed by atoms with Gasteiger partial charge in [0.15, 0.2) is 0 Å². The van der Waals surface area contributed by atoms with Gasteiger partial charge in [0.1, 0.15) is 0 Å². The van der Waals surface area contributed by atoms with Crippen molar-refractivity contribution in [2.75, 3.05) is 26.2 Å². The van der Waals surface area contributed by atoms with Crippen molar-refractivity contribution in [2.45, 2.75) is 57.4 Å². The molecule has 2 bridgehead atoms. The van der Waals surface area contributed by atoms with Crippen molar-refractivity contribution in [1.29, 1.82) is 0 Å². The summed E-state index contributed by atoms with van der Waals surface area (Å²) >= 11 is 0. The van der Waals surface area contributed by atoms with Crippen LogP contribution in [0.4, 0.5) is 0 Å². The highest BCUT2D eigenvalue weighted by Gasteiger charge is 2.42. The Hall–Kier alpha value is -0.0800. The summed E-state index contributed by atoms with van der Waals surface area (Å²) in [6, 6.07) is 0.981. The van der Waals surface area contributed by atoms with Gasteiger partial charge in [-0.25, -0.2) is 0 Å². The summed E-state index contributed by atoms with van der Waals surface area (Å²) in [7, 11) is 0. The Kier molecular flexibility index (Phi) is 3.57. The first-order valence-electron chi connectivity index (χ1n) is 8.83. The first kappa shape index (κ1) is 12.6. The molecule has 4 aliphatic rings. The van der Waals surface area contributed by atoms with Crippen LogP contribution in [-0.4, -0.2) is 37.1 Å². The minimum Gasteiger partial charge on any atom is -0.317 e. The van der Waals surface area contributed by atoms with Gasteiger partial charge in [0.25, 0.3) is 0 Å². The third kappa shape index (κ3) is 2.85. The zero-order valence-corrected chi connectivity index (χ0v) is 12.3.